The summed E-state index contributed by atoms with van der Waals surface area (Å²) < 4.78 is 38.4. The Morgan fingerprint density at radius 1 is 1.07 bits per heavy atom. The predicted molar refractivity (Wildman–Crippen MR) is 102 cm³/mol. The summed E-state index contributed by atoms with van der Waals surface area (Å²) in [6.07, 6.45) is 0.0176. The highest BCUT2D eigenvalue weighted by Crippen LogP contribution is 2.34. The number of pyridine rings is 2. The van der Waals surface area contributed by atoms with E-state index in [-0.39, 0.29) is 12.4 Å². The average Bonchev–Trinajstić information content (AvgIpc) is 3.15. The molecule has 0 radical (unpaired) electrons. The van der Waals surface area contributed by atoms with Gasteiger partial charge in [0, 0.05) is 35.9 Å². The molecule has 0 spiro atoms. The summed E-state index contributed by atoms with van der Waals surface area (Å²) in [5.41, 5.74) is 1.42. The number of halogens is 4. The second-order valence-electron chi connectivity index (χ2n) is 6.33. The van der Waals surface area contributed by atoms with Crippen molar-refractivity contribution in [2.24, 2.45) is 0 Å². The molecule has 1 aromatic carbocycles. The lowest BCUT2D eigenvalue weighted by molar-refractivity contribution is -0.137. The Morgan fingerprint density at radius 2 is 1.85 bits per heavy atom. The predicted octanol–water partition coefficient (Wildman–Crippen LogP) is 4.51. The third kappa shape index (κ3) is 3.99. The highest BCUT2D eigenvalue weighted by atomic mass is 35.5. The first kappa shape index (κ1) is 19.4. The Kier molecular flexibility index (Phi) is 5.53. The number of anilines is 1. The van der Waals surface area contributed by atoms with Crippen LogP contribution in [-0.4, -0.2) is 29.1 Å². The van der Waals surface area contributed by atoms with Gasteiger partial charge in [-0.15, -0.1) is 12.4 Å². The molecule has 4 rings (SSSR count). The molecule has 142 valence electrons. The summed E-state index contributed by atoms with van der Waals surface area (Å²) in [6.45, 7) is 1.85. The van der Waals surface area contributed by atoms with Crippen molar-refractivity contribution in [1.29, 1.82) is 0 Å². The molecular weight excluding hydrogens is 377 g/mol. The number of hydrogen-bond acceptors (Lipinski definition) is 4. The van der Waals surface area contributed by atoms with Crippen molar-refractivity contribution < 1.29 is 13.2 Å². The van der Waals surface area contributed by atoms with Crippen LogP contribution in [0.4, 0.5) is 19.0 Å². The van der Waals surface area contributed by atoms with Gasteiger partial charge >= 0.3 is 6.18 Å². The van der Waals surface area contributed by atoms with Gasteiger partial charge in [-0.05, 0) is 42.8 Å². The highest BCUT2D eigenvalue weighted by molar-refractivity contribution is 5.99. The smallest absolute Gasteiger partial charge is 0.365 e. The van der Waals surface area contributed by atoms with Crippen molar-refractivity contribution in [2.75, 3.05) is 18.4 Å². The highest BCUT2D eigenvalue weighted by Gasteiger charge is 2.30. The van der Waals surface area contributed by atoms with Crippen molar-refractivity contribution in [3.8, 4) is 11.1 Å². The molecule has 1 fully saturated rings. The van der Waals surface area contributed by atoms with E-state index in [1.165, 1.54) is 12.1 Å². The fourth-order valence-corrected chi connectivity index (χ4v) is 3.21. The first-order valence-electron chi connectivity index (χ1n) is 8.41. The second-order valence-corrected chi connectivity index (χ2v) is 6.33. The molecule has 27 heavy (non-hydrogen) atoms. The minimum atomic E-state index is -4.35. The fourth-order valence-electron chi connectivity index (χ4n) is 3.21. The fraction of sp³-hybridized carbons (Fsp3) is 0.263. The molecule has 0 unspecified atom stereocenters. The number of fused-ring (bicyclic) bond motifs is 1. The normalized spacial score (nSPS) is 16.9. The molecule has 3 aromatic rings. The maximum atomic E-state index is 12.8. The Hall–Kier alpha value is -2.38. The number of nitrogens with zero attached hydrogens (tertiary/aromatic N) is 2. The number of nitrogens with one attached hydrogen (secondary N) is 2. The molecule has 1 saturated heterocycles. The number of hydrogen-bond donors (Lipinski definition) is 2. The van der Waals surface area contributed by atoms with Crippen LogP contribution < -0.4 is 10.6 Å². The van der Waals surface area contributed by atoms with Gasteiger partial charge in [0.1, 0.15) is 5.82 Å². The lowest BCUT2D eigenvalue weighted by Gasteiger charge is -2.15. The zero-order valence-corrected chi connectivity index (χ0v) is 15.1. The van der Waals surface area contributed by atoms with Gasteiger partial charge in [-0.3, -0.25) is 4.98 Å². The summed E-state index contributed by atoms with van der Waals surface area (Å²) in [6, 6.07) is 9.15. The Balaban J connectivity index is 0.00000210. The monoisotopic (exact) mass is 394 g/mol. The van der Waals surface area contributed by atoms with Crippen molar-refractivity contribution >= 4 is 29.1 Å². The minimum Gasteiger partial charge on any atom is -0.365 e. The first-order chi connectivity index (χ1) is 12.5. The molecule has 0 saturated carbocycles. The third-order valence-electron chi connectivity index (χ3n) is 4.57. The third-order valence-corrected chi connectivity index (χ3v) is 4.57. The van der Waals surface area contributed by atoms with Gasteiger partial charge in [0.25, 0.3) is 0 Å². The van der Waals surface area contributed by atoms with Gasteiger partial charge in [0.05, 0.1) is 11.1 Å². The summed E-state index contributed by atoms with van der Waals surface area (Å²) in [7, 11) is 0. The standard InChI is InChI=1S/C19H17F3N4.ClH/c20-19(21,22)13-5-3-12(4-6-13)16-11-25-18(26-14-7-9-23-10-14)15-2-1-8-24-17(15)16;/h1-6,8,11,14,23H,7,9-10H2,(H,25,26);1H/t14-;/m0./s1. The minimum absolute atomic E-state index is 0. The van der Waals surface area contributed by atoms with Gasteiger partial charge in [-0.2, -0.15) is 13.2 Å². The van der Waals surface area contributed by atoms with E-state index >= 15 is 0 Å². The Bertz CT molecular complexity index is 922. The summed E-state index contributed by atoms with van der Waals surface area (Å²) >= 11 is 0. The second kappa shape index (κ2) is 7.70. The molecule has 1 atom stereocenters. The maximum Gasteiger partial charge on any atom is 0.416 e. The molecule has 4 nitrogen and oxygen atoms in total. The van der Waals surface area contributed by atoms with Crippen molar-refractivity contribution in [3.05, 3.63) is 54.4 Å². The molecule has 2 N–H and O–H groups in total. The van der Waals surface area contributed by atoms with Crippen molar-refractivity contribution in [2.45, 2.75) is 18.6 Å². The van der Waals surface area contributed by atoms with Crippen LogP contribution in [0.1, 0.15) is 12.0 Å². The maximum absolute atomic E-state index is 12.8. The molecule has 8 heteroatoms. The number of benzene rings is 1. The SMILES string of the molecule is Cl.FC(F)(F)c1ccc(-c2cnc(N[C@H]3CCNC3)c3cccnc23)cc1. The zero-order chi connectivity index (χ0) is 18.1. The van der Waals surface area contributed by atoms with Crippen LogP contribution in [0.2, 0.25) is 0 Å². The molecular formula is C19H18ClF3N4. The van der Waals surface area contributed by atoms with E-state index in [1.54, 1.807) is 12.4 Å². The Labute approximate surface area is 160 Å². The topological polar surface area (TPSA) is 49.8 Å². The van der Waals surface area contributed by atoms with Crippen LogP contribution in [0.25, 0.3) is 22.0 Å². The van der Waals surface area contributed by atoms with Gasteiger partial charge in [-0.25, -0.2) is 4.98 Å². The lowest BCUT2D eigenvalue weighted by atomic mass is 10.0. The molecule has 1 aliphatic rings. The molecule has 3 heterocycles. The van der Waals surface area contributed by atoms with Crippen molar-refractivity contribution in [1.82, 2.24) is 15.3 Å². The number of alkyl halides is 3. The van der Waals surface area contributed by atoms with E-state index in [2.05, 4.69) is 20.6 Å². The molecule has 0 bridgehead atoms. The number of aromatic nitrogens is 2. The zero-order valence-electron chi connectivity index (χ0n) is 14.3. The summed E-state index contributed by atoms with van der Waals surface area (Å²) in [5.74, 6) is 0.748. The van der Waals surface area contributed by atoms with E-state index < -0.39 is 11.7 Å². The largest absolute Gasteiger partial charge is 0.416 e. The summed E-state index contributed by atoms with van der Waals surface area (Å²) in [4.78, 5) is 8.96. The number of rotatable bonds is 3. The van der Waals surface area contributed by atoms with E-state index in [0.29, 0.717) is 17.2 Å². The van der Waals surface area contributed by atoms with Crippen LogP contribution in [0, 0.1) is 0 Å². The van der Waals surface area contributed by atoms with Gasteiger partial charge in [0.2, 0.25) is 0 Å². The van der Waals surface area contributed by atoms with Crippen LogP contribution in [0.3, 0.4) is 0 Å². The first-order valence-corrected chi connectivity index (χ1v) is 8.41. The van der Waals surface area contributed by atoms with Crippen LogP contribution in [-0.2, 0) is 6.18 Å². The van der Waals surface area contributed by atoms with Crippen molar-refractivity contribution in [3.63, 3.8) is 0 Å². The van der Waals surface area contributed by atoms with E-state index in [4.69, 9.17) is 0 Å². The summed E-state index contributed by atoms with van der Waals surface area (Å²) in [5, 5.41) is 7.58. The van der Waals surface area contributed by atoms with Gasteiger partial charge in [0.15, 0.2) is 0 Å². The van der Waals surface area contributed by atoms with Crippen LogP contribution >= 0.6 is 12.4 Å². The van der Waals surface area contributed by atoms with Gasteiger partial charge < -0.3 is 10.6 Å². The molecule has 0 amide bonds. The molecule has 0 aliphatic carbocycles. The van der Waals surface area contributed by atoms with Gasteiger partial charge in [-0.1, -0.05) is 12.1 Å². The van der Waals surface area contributed by atoms with Crippen LogP contribution in [0.5, 0.6) is 0 Å². The Morgan fingerprint density at radius 3 is 2.52 bits per heavy atom. The van der Waals surface area contributed by atoms with E-state index in [9.17, 15) is 13.2 Å². The quantitative estimate of drug-likeness (QED) is 0.686. The van der Waals surface area contributed by atoms with E-state index in [0.717, 1.165) is 48.4 Å². The van der Waals surface area contributed by atoms with E-state index in [1.807, 2.05) is 12.1 Å². The lowest BCUT2D eigenvalue weighted by Crippen LogP contribution is -2.22. The average molecular weight is 395 g/mol. The molecule has 1 aliphatic heterocycles. The molecule has 2 aromatic heterocycles. The van der Waals surface area contributed by atoms with Crippen LogP contribution in [0.15, 0.2) is 48.8 Å².